The normalized spacial score (nSPS) is 40.6. The Morgan fingerprint density at radius 2 is 2.00 bits per heavy atom. The van der Waals surface area contributed by atoms with Crippen molar-refractivity contribution in [1.29, 1.82) is 0 Å². The molecule has 0 aliphatic heterocycles. The molecule has 3 heteroatoms. The van der Waals surface area contributed by atoms with Gasteiger partial charge in [0.1, 0.15) is 0 Å². The van der Waals surface area contributed by atoms with E-state index in [1.807, 2.05) is 0 Å². The lowest BCUT2D eigenvalue weighted by Gasteiger charge is -2.18. The summed E-state index contributed by atoms with van der Waals surface area (Å²) in [5, 5.41) is 8.54. The Hall–Kier alpha value is -0.570. The van der Waals surface area contributed by atoms with Gasteiger partial charge in [-0.3, -0.25) is 4.79 Å². The van der Waals surface area contributed by atoms with E-state index in [1.54, 1.807) is 0 Å². The van der Waals surface area contributed by atoms with Gasteiger partial charge >= 0.3 is 5.97 Å². The van der Waals surface area contributed by atoms with Crippen molar-refractivity contribution in [2.75, 3.05) is 0 Å². The van der Waals surface area contributed by atoms with E-state index in [2.05, 4.69) is 0 Å². The minimum absolute atomic E-state index is 0.102. The van der Waals surface area contributed by atoms with Crippen LogP contribution in [-0.4, -0.2) is 17.1 Å². The SMILES string of the molecule is NC(CC(=O)O)C1CC2CC2C1. The Labute approximate surface area is 71.9 Å². The first-order valence-corrected chi connectivity index (χ1v) is 4.64. The fourth-order valence-corrected chi connectivity index (χ4v) is 2.48. The zero-order valence-corrected chi connectivity index (χ0v) is 7.07. The molecule has 0 radical (unpaired) electrons. The zero-order valence-electron chi connectivity index (χ0n) is 7.07. The molecular weight excluding hydrogens is 154 g/mol. The van der Waals surface area contributed by atoms with Crippen LogP contribution >= 0.6 is 0 Å². The lowest BCUT2D eigenvalue weighted by Crippen LogP contribution is -2.31. The molecule has 0 aromatic rings. The van der Waals surface area contributed by atoms with Gasteiger partial charge in [0.15, 0.2) is 0 Å². The molecule has 2 rings (SSSR count). The number of carboxylic acid groups (broad SMARTS) is 1. The molecule has 0 aromatic carbocycles. The first-order chi connectivity index (χ1) is 5.66. The van der Waals surface area contributed by atoms with Crippen molar-refractivity contribution in [2.24, 2.45) is 23.5 Å². The largest absolute Gasteiger partial charge is 0.481 e. The third-order valence-corrected chi connectivity index (χ3v) is 3.30. The predicted molar refractivity (Wildman–Crippen MR) is 44.5 cm³/mol. The van der Waals surface area contributed by atoms with Crippen LogP contribution in [0.15, 0.2) is 0 Å². The average Bonchev–Trinajstić information content (AvgIpc) is 2.57. The predicted octanol–water partition coefficient (Wildman–Crippen LogP) is 0.834. The highest BCUT2D eigenvalue weighted by Gasteiger charge is 2.47. The Kier molecular flexibility index (Phi) is 1.83. The second-order valence-corrected chi connectivity index (χ2v) is 4.25. The Bertz CT molecular complexity index is 195. The summed E-state index contributed by atoms with van der Waals surface area (Å²) >= 11 is 0. The van der Waals surface area contributed by atoms with E-state index >= 15 is 0 Å². The van der Waals surface area contributed by atoms with Crippen molar-refractivity contribution in [1.82, 2.24) is 0 Å². The molecule has 2 aliphatic carbocycles. The topological polar surface area (TPSA) is 63.3 Å². The maximum absolute atomic E-state index is 10.4. The summed E-state index contributed by atoms with van der Waals surface area (Å²) in [6, 6.07) is -0.102. The maximum Gasteiger partial charge on any atom is 0.304 e. The summed E-state index contributed by atoms with van der Waals surface area (Å²) in [7, 11) is 0. The van der Waals surface area contributed by atoms with E-state index in [-0.39, 0.29) is 12.5 Å². The van der Waals surface area contributed by atoms with Crippen molar-refractivity contribution in [3.63, 3.8) is 0 Å². The summed E-state index contributed by atoms with van der Waals surface area (Å²) in [5.41, 5.74) is 5.78. The smallest absolute Gasteiger partial charge is 0.304 e. The highest BCUT2D eigenvalue weighted by Crippen LogP contribution is 2.55. The minimum Gasteiger partial charge on any atom is -0.481 e. The van der Waals surface area contributed by atoms with Crippen molar-refractivity contribution >= 4 is 5.97 Å². The van der Waals surface area contributed by atoms with Crippen molar-refractivity contribution < 1.29 is 9.90 Å². The van der Waals surface area contributed by atoms with Crippen LogP contribution in [0.3, 0.4) is 0 Å². The highest BCUT2D eigenvalue weighted by molar-refractivity contribution is 5.67. The molecule has 0 spiro atoms. The van der Waals surface area contributed by atoms with Gasteiger partial charge in [-0.25, -0.2) is 0 Å². The third kappa shape index (κ3) is 1.46. The summed E-state index contributed by atoms with van der Waals surface area (Å²) in [4.78, 5) is 10.4. The van der Waals surface area contributed by atoms with Crippen LogP contribution in [0.1, 0.15) is 25.7 Å². The fourth-order valence-electron chi connectivity index (χ4n) is 2.48. The first kappa shape index (κ1) is 8.05. The van der Waals surface area contributed by atoms with Crippen LogP contribution in [0.4, 0.5) is 0 Å². The number of hydrogen-bond acceptors (Lipinski definition) is 2. The summed E-state index contributed by atoms with van der Waals surface area (Å²) < 4.78 is 0. The minimum atomic E-state index is -0.761. The Balaban J connectivity index is 1.80. The second-order valence-electron chi connectivity index (χ2n) is 4.25. The summed E-state index contributed by atoms with van der Waals surface area (Å²) in [6.07, 6.45) is 3.87. The molecule has 2 fully saturated rings. The van der Waals surface area contributed by atoms with Crippen molar-refractivity contribution in [3.05, 3.63) is 0 Å². The van der Waals surface area contributed by atoms with Gasteiger partial charge in [-0.05, 0) is 37.0 Å². The van der Waals surface area contributed by atoms with Crippen LogP contribution < -0.4 is 5.73 Å². The van der Waals surface area contributed by atoms with E-state index in [9.17, 15) is 4.79 Å². The number of fused-ring (bicyclic) bond motifs is 1. The molecule has 0 aromatic heterocycles. The second kappa shape index (κ2) is 2.73. The quantitative estimate of drug-likeness (QED) is 0.658. The fraction of sp³-hybridized carbons (Fsp3) is 0.889. The summed E-state index contributed by atoms with van der Waals surface area (Å²) in [5.74, 6) is 1.53. The van der Waals surface area contributed by atoms with Gasteiger partial charge in [0.25, 0.3) is 0 Å². The van der Waals surface area contributed by atoms with E-state index < -0.39 is 5.97 Å². The van der Waals surface area contributed by atoms with Gasteiger partial charge in [0, 0.05) is 6.04 Å². The van der Waals surface area contributed by atoms with Gasteiger partial charge in [-0.1, -0.05) is 0 Å². The average molecular weight is 169 g/mol. The molecular formula is C9H15NO2. The number of hydrogen-bond donors (Lipinski definition) is 2. The van der Waals surface area contributed by atoms with Crippen LogP contribution in [0.5, 0.6) is 0 Å². The lowest BCUT2D eigenvalue weighted by atomic mass is 9.93. The van der Waals surface area contributed by atoms with Crippen molar-refractivity contribution in [3.8, 4) is 0 Å². The van der Waals surface area contributed by atoms with Crippen LogP contribution in [0.2, 0.25) is 0 Å². The standard InChI is InChI=1S/C9H15NO2/c10-8(4-9(11)12)7-2-5-1-6(5)3-7/h5-8H,1-4,10H2,(H,11,12). The Morgan fingerprint density at radius 3 is 2.50 bits per heavy atom. The van der Waals surface area contributed by atoms with E-state index in [0.717, 1.165) is 11.8 Å². The molecule has 12 heavy (non-hydrogen) atoms. The van der Waals surface area contributed by atoms with E-state index in [0.29, 0.717) is 5.92 Å². The third-order valence-electron chi connectivity index (χ3n) is 3.30. The molecule has 3 nitrogen and oxygen atoms in total. The van der Waals surface area contributed by atoms with Gasteiger partial charge in [0.05, 0.1) is 6.42 Å². The Morgan fingerprint density at radius 1 is 1.42 bits per heavy atom. The van der Waals surface area contributed by atoms with Gasteiger partial charge in [-0.15, -0.1) is 0 Å². The number of rotatable bonds is 3. The number of aliphatic carboxylic acids is 1. The number of carbonyl (C=O) groups is 1. The zero-order chi connectivity index (χ0) is 8.72. The molecule has 2 saturated carbocycles. The van der Waals surface area contributed by atoms with Crippen LogP contribution in [0.25, 0.3) is 0 Å². The molecule has 0 saturated heterocycles. The highest BCUT2D eigenvalue weighted by atomic mass is 16.4. The van der Waals surface area contributed by atoms with Crippen LogP contribution in [0, 0.1) is 17.8 Å². The lowest BCUT2D eigenvalue weighted by molar-refractivity contribution is -0.137. The molecule has 0 bridgehead atoms. The molecule has 3 N–H and O–H groups in total. The van der Waals surface area contributed by atoms with Gasteiger partial charge in [-0.2, -0.15) is 0 Å². The van der Waals surface area contributed by atoms with Gasteiger partial charge < -0.3 is 10.8 Å². The molecule has 3 unspecified atom stereocenters. The molecule has 3 atom stereocenters. The number of nitrogens with two attached hydrogens (primary N) is 1. The van der Waals surface area contributed by atoms with E-state index in [4.69, 9.17) is 10.8 Å². The summed E-state index contributed by atoms with van der Waals surface area (Å²) in [6.45, 7) is 0. The van der Waals surface area contributed by atoms with Crippen molar-refractivity contribution in [2.45, 2.75) is 31.7 Å². The van der Waals surface area contributed by atoms with Gasteiger partial charge in [0.2, 0.25) is 0 Å². The number of carboxylic acids is 1. The first-order valence-electron chi connectivity index (χ1n) is 4.64. The molecule has 0 amide bonds. The maximum atomic E-state index is 10.4. The molecule has 2 aliphatic rings. The van der Waals surface area contributed by atoms with Crippen LogP contribution in [-0.2, 0) is 4.79 Å². The monoisotopic (exact) mass is 169 g/mol. The molecule has 68 valence electrons. The molecule has 0 heterocycles. The van der Waals surface area contributed by atoms with E-state index in [1.165, 1.54) is 19.3 Å².